The number of allylic oxidation sites excluding steroid dienone is 6. The van der Waals surface area contributed by atoms with Crippen LogP contribution in [0.15, 0.2) is 36.2 Å². The first-order chi connectivity index (χ1) is 10.3. The quantitative estimate of drug-likeness (QED) is 0.780. The molecule has 3 heterocycles. The maximum absolute atomic E-state index is 12.4. The lowest BCUT2D eigenvalue weighted by molar-refractivity contribution is -0.113. The predicted octanol–water partition coefficient (Wildman–Crippen LogP) is 3.83. The smallest absolute Gasteiger partial charge is 0.165 e. The van der Waals surface area contributed by atoms with Gasteiger partial charge in [0.2, 0.25) is 0 Å². The Hall–Kier alpha value is -2.29. The molecule has 0 fully saturated rings. The van der Waals surface area contributed by atoms with Gasteiger partial charge in [-0.05, 0) is 36.8 Å². The predicted molar refractivity (Wildman–Crippen MR) is 83.8 cm³/mol. The van der Waals surface area contributed by atoms with E-state index in [-0.39, 0.29) is 0 Å². The van der Waals surface area contributed by atoms with Crippen LogP contribution >= 0.6 is 0 Å². The Morgan fingerprint density at radius 1 is 1.05 bits per heavy atom. The Labute approximate surface area is 122 Å². The number of H-pyrrole nitrogens is 1. The molecule has 0 atom stereocenters. The van der Waals surface area contributed by atoms with Crippen LogP contribution in [-0.4, -0.2) is 15.3 Å². The number of carbonyl (C=O) groups is 1. The van der Waals surface area contributed by atoms with Crippen molar-refractivity contribution in [3.05, 3.63) is 47.5 Å². The summed E-state index contributed by atoms with van der Waals surface area (Å²) in [5.74, 6) is 0.299. The standard InChI is InChI=1S/C18H16N2O/c21-17-8-7-12-14-9-19-10-16(14)20-15-4-2-1-3-11(15)5-6-13(17)18(12)20/h3-4,6,9-10,19H,1-2,5,7-8H2. The van der Waals surface area contributed by atoms with Gasteiger partial charge in [0.05, 0.1) is 11.2 Å². The van der Waals surface area contributed by atoms with Crippen LogP contribution in [0, 0.1) is 0 Å². The van der Waals surface area contributed by atoms with E-state index < -0.39 is 0 Å². The van der Waals surface area contributed by atoms with E-state index in [2.05, 4.69) is 40.2 Å². The van der Waals surface area contributed by atoms with Crippen LogP contribution in [0.1, 0.15) is 36.9 Å². The molecule has 3 nitrogen and oxygen atoms in total. The lowest BCUT2D eigenvalue weighted by Gasteiger charge is -2.20. The molecule has 0 amide bonds. The molecule has 0 spiro atoms. The number of carbonyl (C=O) groups excluding carboxylic acids is 1. The third-order valence-corrected chi connectivity index (χ3v) is 4.95. The van der Waals surface area contributed by atoms with Gasteiger partial charge in [-0.1, -0.05) is 18.2 Å². The van der Waals surface area contributed by atoms with E-state index in [4.69, 9.17) is 0 Å². The lowest BCUT2D eigenvalue weighted by atomic mass is 9.90. The summed E-state index contributed by atoms with van der Waals surface area (Å²) < 4.78 is 2.32. The summed E-state index contributed by atoms with van der Waals surface area (Å²) in [6.45, 7) is 0. The minimum absolute atomic E-state index is 0.299. The molecule has 0 saturated carbocycles. The first kappa shape index (κ1) is 11.4. The minimum Gasteiger partial charge on any atom is -0.365 e. The first-order valence-corrected chi connectivity index (χ1v) is 7.68. The van der Waals surface area contributed by atoms with Gasteiger partial charge >= 0.3 is 0 Å². The Balaban J connectivity index is 1.95. The van der Waals surface area contributed by atoms with E-state index in [0.717, 1.165) is 37.0 Å². The summed E-state index contributed by atoms with van der Waals surface area (Å²) in [4.78, 5) is 15.6. The molecule has 1 aliphatic heterocycles. The van der Waals surface area contributed by atoms with Gasteiger partial charge in [0, 0.05) is 35.5 Å². The van der Waals surface area contributed by atoms with Crippen molar-refractivity contribution < 1.29 is 4.79 Å². The molecule has 104 valence electrons. The van der Waals surface area contributed by atoms with Gasteiger partial charge in [0.1, 0.15) is 0 Å². The Morgan fingerprint density at radius 3 is 2.90 bits per heavy atom. The zero-order chi connectivity index (χ0) is 14.0. The van der Waals surface area contributed by atoms with Crippen molar-refractivity contribution in [2.45, 2.75) is 32.1 Å². The number of rotatable bonds is 0. The molecule has 3 heteroatoms. The summed E-state index contributed by atoms with van der Waals surface area (Å²) in [5, 5.41) is 1.27. The molecule has 21 heavy (non-hydrogen) atoms. The van der Waals surface area contributed by atoms with E-state index in [1.807, 2.05) is 0 Å². The first-order valence-electron chi connectivity index (χ1n) is 7.68. The van der Waals surface area contributed by atoms with E-state index in [9.17, 15) is 4.79 Å². The van der Waals surface area contributed by atoms with Crippen molar-refractivity contribution in [2.24, 2.45) is 0 Å². The number of aromatic amines is 1. The summed E-state index contributed by atoms with van der Waals surface area (Å²) in [6.07, 6.45) is 15.5. The average molecular weight is 276 g/mol. The van der Waals surface area contributed by atoms with Crippen LogP contribution in [0.5, 0.6) is 0 Å². The van der Waals surface area contributed by atoms with Gasteiger partial charge in [-0.3, -0.25) is 4.79 Å². The molecule has 0 aromatic carbocycles. The molecule has 1 N–H and O–H groups in total. The zero-order valence-corrected chi connectivity index (χ0v) is 11.8. The molecule has 2 aromatic heterocycles. The number of Topliss-reactive ketones (excluding diaryl/α,β-unsaturated/α-hetero) is 1. The van der Waals surface area contributed by atoms with Crippen molar-refractivity contribution in [3.8, 4) is 0 Å². The third kappa shape index (κ3) is 1.36. The minimum atomic E-state index is 0.299. The van der Waals surface area contributed by atoms with Gasteiger partial charge in [-0.25, -0.2) is 0 Å². The van der Waals surface area contributed by atoms with Crippen LogP contribution in [0.4, 0.5) is 0 Å². The van der Waals surface area contributed by atoms with Gasteiger partial charge in [0.25, 0.3) is 0 Å². The summed E-state index contributed by atoms with van der Waals surface area (Å²) in [7, 11) is 0. The van der Waals surface area contributed by atoms with Gasteiger partial charge < -0.3 is 9.55 Å². The number of hydrogen-bond acceptors (Lipinski definition) is 1. The van der Waals surface area contributed by atoms with Crippen LogP contribution in [0.25, 0.3) is 22.2 Å². The molecular formula is C18H16N2O. The van der Waals surface area contributed by atoms with E-state index in [0.29, 0.717) is 12.2 Å². The monoisotopic (exact) mass is 276 g/mol. The van der Waals surface area contributed by atoms with Crippen LogP contribution in [-0.2, 0) is 11.2 Å². The highest BCUT2D eigenvalue weighted by molar-refractivity contribution is 6.24. The van der Waals surface area contributed by atoms with Crippen LogP contribution in [0.2, 0.25) is 0 Å². The summed E-state index contributed by atoms with van der Waals surface area (Å²) >= 11 is 0. The molecule has 5 rings (SSSR count). The van der Waals surface area contributed by atoms with Gasteiger partial charge in [-0.15, -0.1) is 0 Å². The van der Waals surface area contributed by atoms with Crippen molar-refractivity contribution in [3.63, 3.8) is 0 Å². The molecule has 2 aromatic rings. The lowest BCUT2D eigenvalue weighted by Crippen LogP contribution is -2.14. The third-order valence-electron chi connectivity index (χ3n) is 4.95. The number of nitrogens with one attached hydrogen (secondary N) is 1. The molecule has 0 radical (unpaired) electrons. The topological polar surface area (TPSA) is 37.8 Å². The number of fused-ring (bicyclic) bond motifs is 5. The second-order valence-corrected chi connectivity index (χ2v) is 6.06. The van der Waals surface area contributed by atoms with Crippen LogP contribution in [0.3, 0.4) is 0 Å². The van der Waals surface area contributed by atoms with Crippen LogP contribution < -0.4 is 0 Å². The zero-order valence-electron chi connectivity index (χ0n) is 11.8. The molecule has 3 aliphatic rings. The van der Waals surface area contributed by atoms with E-state index >= 15 is 0 Å². The maximum Gasteiger partial charge on any atom is 0.165 e. The second-order valence-electron chi connectivity index (χ2n) is 6.06. The van der Waals surface area contributed by atoms with Crippen molar-refractivity contribution >= 4 is 28.0 Å². The number of nitrogens with zero attached hydrogens (tertiary/aromatic N) is 1. The number of aryl methyl sites for hydroxylation is 1. The molecule has 0 bridgehead atoms. The van der Waals surface area contributed by atoms with Gasteiger partial charge in [-0.2, -0.15) is 0 Å². The fraction of sp³-hybridized carbons (Fsp3) is 0.278. The Kier molecular flexibility index (Phi) is 2.10. The van der Waals surface area contributed by atoms with Crippen molar-refractivity contribution in [1.29, 1.82) is 0 Å². The fourth-order valence-corrected chi connectivity index (χ4v) is 4.02. The molecule has 0 unspecified atom stereocenters. The van der Waals surface area contributed by atoms with E-state index in [1.165, 1.54) is 27.7 Å². The highest BCUT2D eigenvalue weighted by atomic mass is 16.1. The molecular weight excluding hydrogens is 260 g/mol. The van der Waals surface area contributed by atoms with Gasteiger partial charge in [0.15, 0.2) is 5.78 Å². The number of aromatic nitrogens is 2. The molecule has 2 aliphatic carbocycles. The highest BCUT2D eigenvalue weighted by Gasteiger charge is 2.32. The number of hydrogen-bond donors (Lipinski definition) is 1. The maximum atomic E-state index is 12.4. The Bertz CT molecular complexity index is 886. The average Bonchev–Trinajstić information content (AvgIpc) is 3.02. The SMILES string of the molecule is O=C1CCc2c3n(c4c[nH]cc24)C2=CCCC=C2CC=C13. The van der Waals surface area contributed by atoms with Crippen molar-refractivity contribution in [2.75, 3.05) is 0 Å². The fourth-order valence-electron chi connectivity index (χ4n) is 4.02. The second kappa shape index (κ2) is 3.88. The molecule has 0 saturated heterocycles. The summed E-state index contributed by atoms with van der Waals surface area (Å²) in [5.41, 5.74) is 7.28. The van der Waals surface area contributed by atoms with E-state index in [1.54, 1.807) is 0 Å². The number of ketones is 1. The highest BCUT2D eigenvalue weighted by Crippen LogP contribution is 2.43. The van der Waals surface area contributed by atoms with Crippen molar-refractivity contribution in [1.82, 2.24) is 9.55 Å². The Morgan fingerprint density at radius 2 is 1.95 bits per heavy atom. The normalized spacial score (nSPS) is 20.4. The largest absolute Gasteiger partial charge is 0.365 e. The summed E-state index contributed by atoms with van der Waals surface area (Å²) in [6, 6.07) is 0.